The maximum Gasteiger partial charge on any atom is 0.262 e. The van der Waals surface area contributed by atoms with Crippen molar-refractivity contribution in [2.75, 3.05) is 13.2 Å². The van der Waals surface area contributed by atoms with E-state index >= 15 is 0 Å². The lowest BCUT2D eigenvalue weighted by atomic mass is 10.2. The zero-order valence-electron chi connectivity index (χ0n) is 9.08. The van der Waals surface area contributed by atoms with E-state index in [4.69, 9.17) is 15.3 Å². The molecular formula is C9H20N2O3. The van der Waals surface area contributed by atoms with Gasteiger partial charge in [0.25, 0.3) is 5.91 Å². The summed E-state index contributed by atoms with van der Waals surface area (Å²) in [6.45, 7) is 6.66. The molecule has 0 aromatic carbocycles. The lowest BCUT2D eigenvalue weighted by Gasteiger charge is -2.14. The Balaban J connectivity index is 3.58. The van der Waals surface area contributed by atoms with Gasteiger partial charge in [0.05, 0.1) is 19.3 Å². The minimum atomic E-state index is -0.476. The molecule has 0 aliphatic heterocycles. The highest BCUT2D eigenvalue weighted by Crippen LogP contribution is 1.98. The zero-order valence-corrected chi connectivity index (χ0v) is 9.08. The van der Waals surface area contributed by atoms with Crippen molar-refractivity contribution in [3.05, 3.63) is 0 Å². The van der Waals surface area contributed by atoms with E-state index in [2.05, 4.69) is 5.43 Å². The third-order valence-corrected chi connectivity index (χ3v) is 1.66. The van der Waals surface area contributed by atoms with Crippen LogP contribution in [0.1, 0.15) is 27.2 Å². The number of amides is 1. The lowest BCUT2D eigenvalue weighted by Crippen LogP contribution is -2.40. The van der Waals surface area contributed by atoms with E-state index in [0.29, 0.717) is 19.6 Å². The average Bonchev–Trinajstić information content (AvgIpc) is 2.16. The highest BCUT2D eigenvalue weighted by atomic mass is 16.5. The molecule has 0 aromatic rings. The molecule has 0 aromatic heterocycles. The molecule has 0 spiro atoms. The number of nitrogens with one attached hydrogen (secondary N) is 1. The zero-order chi connectivity index (χ0) is 11.0. The maximum atomic E-state index is 11.1. The fourth-order valence-corrected chi connectivity index (χ4v) is 0.946. The quantitative estimate of drug-likeness (QED) is 0.269. The van der Waals surface area contributed by atoms with Gasteiger partial charge in [0, 0.05) is 0 Å². The SMILES string of the molecule is CCC(OCCOC(C)C)C(=O)NN. The number of carbonyl (C=O) groups is 1. The molecule has 14 heavy (non-hydrogen) atoms. The van der Waals surface area contributed by atoms with Gasteiger partial charge in [-0.25, -0.2) is 5.84 Å². The second-order valence-corrected chi connectivity index (χ2v) is 3.20. The average molecular weight is 204 g/mol. The molecular weight excluding hydrogens is 184 g/mol. The summed E-state index contributed by atoms with van der Waals surface area (Å²) in [5.74, 6) is 4.70. The van der Waals surface area contributed by atoms with E-state index in [1.54, 1.807) is 0 Å². The van der Waals surface area contributed by atoms with Gasteiger partial charge in [-0.3, -0.25) is 10.2 Å². The van der Waals surface area contributed by atoms with Crippen LogP contribution in [0.15, 0.2) is 0 Å². The first-order chi connectivity index (χ1) is 6.61. The summed E-state index contributed by atoms with van der Waals surface area (Å²) in [4.78, 5) is 11.1. The number of ether oxygens (including phenoxy) is 2. The first-order valence-electron chi connectivity index (χ1n) is 4.85. The predicted molar refractivity (Wildman–Crippen MR) is 53.4 cm³/mol. The molecule has 1 unspecified atom stereocenters. The molecule has 0 rings (SSSR count). The van der Waals surface area contributed by atoms with Crippen molar-refractivity contribution in [1.82, 2.24) is 5.43 Å². The number of hydrogen-bond acceptors (Lipinski definition) is 4. The monoisotopic (exact) mass is 204 g/mol. The molecule has 1 atom stereocenters. The van der Waals surface area contributed by atoms with Gasteiger partial charge in [0.1, 0.15) is 6.10 Å². The molecule has 0 aliphatic rings. The van der Waals surface area contributed by atoms with Gasteiger partial charge in [0.15, 0.2) is 0 Å². The molecule has 0 saturated carbocycles. The summed E-state index contributed by atoms with van der Waals surface area (Å²) in [6, 6.07) is 0. The predicted octanol–water partition coefficient (Wildman–Crippen LogP) is 0.197. The van der Waals surface area contributed by atoms with Crippen molar-refractivity contribution < 1.29 is 14.3 Å². The Morgan fingerprint density at radius 2 is 1.93 bits per heavy atom. The van der Waals surface area contributed by atoms with Crippen molar-refractivity contribution >= 4 is 5.91 Å². The molecule has 0 bridgehead atoms. The maximum absolute atomic E-state index is 11.1. The molecule has 0 radical (unpaired) electrons. The number of rotatable bonds is 7. The Labute approximate surface area is 84.9 Å². The van der Waals surface area contributed by atoms with E-state index < -0.39 is 6.10 Å². The highest BCUT2D eigenvalue weighted by molar-refractivity contribution is 5.79. The minimum absolute atomic E-state index is 0.182. The Kier molecular flexibility index (Phi) is 7.37. The number of nitrogens with two attached hydrogens (primary N) is 1. The fraction of sp³-hybridized carbons (Fsp3) is 0.889. The summed E-state index contributed by atoms with van der Waals surface area (Å²) < 4.78 is 10.5. The van der Waals surface area contributed by atoms with Crippen molar-refractivity contribution in [1.29, 1.82) is 0 Å². The summed E-state index contributed by atoms with van der Waals surface area (Å²) in [7, 11) is 0. The summed E-state index contributed by atoms with van der Waals surface area (Å²) in [6.07, 6.45) is 0.308. The largest absolute Gasteiger partial charge is 0.376 e. The van der Waals surface area contributed by atoms with Crippen LogP contribution in [0, 0.1) is 0 Å². The van der Waals surface area contributed by atoms with E-state index in [0.717, 1.165) is 0 Å². The Hall–Kier alpha value is -0.650. The number of hydrazine groups is 1. The molecule has 1 amide bonds. The van der Waals surface area contributed by atoms with Gasteiger partial charge in [-0.15, -0.1) is 0 Å². The summed E-state index contributed by atoms with van der Waals surface area (Å²) in [5, 5.41) is 0. The first-order valence-corrected chi connectivity index (χ1v) is 4.85. The summed E-state index contributed by atoms with van der Waals surface area (Å²) >= 11 is 0. The van der Waals surface area contributed by atoms with Crippen molar-refractivity contribution in [3.63, 3.8) is 0 Å². The molecule has 3 N–H and O–H groups in total. The van der Waals surface area contributed by atoms with Gasteiger partial charge in [-0.1, -0.05) is 6.92 Å². The van der Waals surface area contributed by atoms with Crippen LogP contribution in [0.3, 0.4) is 0 Å². The second-order valence-electron chi connectivity index (χ2n) is 3.20. The smallest absolute Gasteiger partial charge is 0.262 e. The molecule has 5 heteroatoms. The highest BCUT2D eigenvalue weighted by Gasteiger charge is 2.14. The second kappa shape index (κ2) is 7.73. The molecule has 0 heterocycles. The molecule has 0 saturated heterocycles. The van der Waals surface area contributed by atoms with Crippen LogP contribution in [-0.2, 0) is 14.3 Å². The first kappa shape index (κ1) is 13.4. The van der Waals surface area contributed by atoms with Gasteiger partial charge in [-0.2, -0.15) is 0 Å². The van der Waals surface area contributed by atoms with Crippen LogP contribution >= 0.6 is 0 Å². The topological polar surface area (TPSA) is 73.6 Å². The molecule has 0 fully saturated rings. The molecule has 0 aliphatic carbocycles. The van der Waals surface area contributed by atoms with Gasteiger partial charge in [-0.05, 0) is 20.3 Å². The Morgan fingerprint density at radius 3 is 2.36 bits per heavy atom. The van der Waals surface area contributed by atoms with Gasteiger partial charge >= 0.3 is 0 Å². The third kappa shape index (κ3) is 5.90. The minimum Gasteiger partial charge on any atom is -0.376 e. The van der Waals surface area contributed by atoms with Crippen LogP contribution in [0.25, 0.3) is 0 Å². The fourth-order valence-electron chi connectivity index (χ4n) is 0.946. The normalized spacial score (nSPS) is 12.9. The van der Waals surface area contributed by atoms with Gasteiger partial charge < -0.3 is 9.47 Å². The molecule has 84 valence electrons. The van der Waals surface area contributed by atoms with Crippen LogP contribution in [0.4, 0.5) is 0 Å². The van der Waals surface area contributed by atoms with E-state index in [-0.39, 0.29) is 12.0 Å². The third-order valence-electron chi connectivity index (χ3n) is 1.66. The van der Waals surface area contributed by atoms with Crippen LogP contribution < -0.4 is 11.3 Å². The Bertz CT molecular complexity index is 162. The standard InChI is InChI=1S/C9H20N2O3/c1-4-8(9(12)11-10)14-6-5-13-7(2)3/h7-8H,4-6,10H2,1-3H3,(H,11,12). The van der Waals surface area contributed by atoms with E-state index in [1.165, 1.54) is 0 Å². The van der Waals surface area contributed by atoms with Crippen molar-refractivity contribution in [2.45, 2.75) is 39.4 Å². The lowest BCUT2D eigenvalue weighted by molar-refractivity contribution is -0.134. The van der Waals surface area contributed by atoms with Crippen LogP contribution in [-0.4, -0.2) is 31.3 Å². The summed E-state index contributed by atoms with van der Waals surface area (Å²) in [5.41, 5.74) is 2.06. The number of carbonyl (C=O) groups excluding carboxylic acids is 1. The van der Waals surface area contributed by atoms with E-state index in [9.17, 15) is 4.79 Å². The van der Waals surface area contributed by atoms with Crippen LogP contribution in [0.5, 0.6) is 0 Å². The van der Waals surface area contributed by atoms with Crippen molar-refractivity contribution in [2.24, 2.45) is 5.84 Å². The van der Waals surface area contributed by atoms with E-state index in [1.807, 2.05) is 20.8 Å². The van der Waals surface area contributed by atoms with Crippen molar-refractivity contribution in [3.8, 4) is 0 Å². The number of hydrogen-bond donors (Lipinski definition) is 2. The van der Waals surface area contributed by atoms with Gasteiger partial charge in [0.2, 0.25) is 0 Å². The molecule has 5 nitrogen and oxygen atoms in total. The Morgan fingerprint density at radius 1 is 1.36 bits per heavy atom. The van der Waals surface area contributed by atoms with Crippen LogP contribution in [0.2, 0.25) is 0 Å².